The normalized spacial score (nSPS) is 9.54. The molecule has 0 N–H and O–H groups in total. The highest BCUT2D eigenvalue weighted by Crippen LogP contribution is 2.20. The Labute approximate surface area is 79.1 Å². The predicted octanol–water partition coefficient (Wildman–Crippen LogP) is 2.85. The fraction of sp³-hybridized carbons (Fsp3) is 0.333. The Morgan fingerprint density at radius 2 is 1.62 bits per heavy atom. The minimum atomic E-state index is 0.681. The van der Waals surface area contributed by atoms with Crippen molar-refractivity contribution in [3.8, 4) is 0 Å². The molecule has 0 atom stereocenters. The highest BCUT2D eigenvalue weighted by atomic mass is 16.1. The van der Waals surface area contributed by atoms with E-state index in [1.54, 1.807) is 6.92 Å². The third-order valence-electron chi connectivity index (χ3n) is 2.40. The largest absolute Gasteiger partial charge is 0.233 e. The van der Waals surface area contributed by atoms with Crippen molar-refractivity contribution in [2.75, 3.05) is 0 Å². The first-order chi connectivity index (χ1) is 6.06. The van der Waals surface area contributed by atoms with Crippen LogP contribution in [0.4, 0.5) is 0 Å². The summed E-state index contributed by atoms with van der Waals surface area (Å²) >= 11 is 0. The Morgan fingerprint density at radius 3 is 2.15 bits per heavy atom. The molecule has 68 valence electrons. The van der Waals surface area contributed by atoms with Gasteiger partial charge in [0, 0.05) is 5.57 Å². The number of allylic oxidation sites excluding steroid dienone is 1. The fourth-order valence-corrected chi connectivity index (χ4v) is 1.42. The Bertz CT molecular complexity index is 382. The molecule has 0 aliphatic rings. The molecular weight excluding hydrogens is 160 g/mol. The zero-order valence-electron chi connectivity index (χ0n) is 8.56. The second-order valence-electron chi connectivity index (χ2n) is 3.48. The first-order valence-electron chi connectivity index (χ1n) is 4.36. The molecule has 1 rings (SSSR count). The summed E-state index contributed by atoms with van der Waals surface area (Å²) < 4.78 is 0. The molecule has 0 fully saturated rings. The lowest BCUT2D eigenvalue weighted by Gasteiger charge is -2.07. The van der Waals surface area contributed by atoms with Crippen molar-refractivity contribution in [3.63, 3.8) is 0 Å². The van der Waals surface area contributed by atoms with Gasteiger partial charge in [-0.05, 0) is 49.9 Å². The molecule has 0 saturated heterocycles. The number of hydrogen-bond acceptors (Lipinski definition) is 1. The van der Waals surface area contributed by atoms with Crippen molar-refractivity contribution < 1.29 is 4.79 Å². The Morgan fingerprint density at radius 1 is 1.08 bits per heavy atom. The van der Waals surface area contributed by atoms with E-state index in [0.717, 1.165) is 11.1 Å². The van der Waals surface area contributed by atoms with E-state index in [2.05, 4.69) is 19.9 Å². The van der Waals surface area contributed by atoms with Crippen LogP contribution in [0.1, 0.15) is 29.2 Å². The molecule has 0 radical (unpaired) electrons. The average Bonchev–Trinajstić information content (AvgIpc) is 2.10. The van der Waals surface area contributed by atoms with Crippen LogP contribution >= 0.6 is 0 Å². The van der Waals surface area contributed by atoms with Gasteiger partial charge >= 0.3 is 0 Å². The van der Waals surface area contributed by atoms with E-state index < -0.39 is 0 Å². The number of aryl methyl sites for hydroxylation is 3. The second kappa shape index (κ2) is 3.59. The van der Waals surface area contributed by atoms with Crippen molar-refractivity contribution in [1.29, 1.82) is 0 Å². The van der Waals surface area contributed by atoms with E-state index in [9.17, 15) is 4.79 Å². The van der Waals surface area contributed by atoms with Crippen molar-refractivity contribution in [1.82, 2.24) is 0 Å². The first-order valence-corrected chi connectivity index (χ1v) is 4.36. The molecule has 0 aromatic heterocycles. The summed E-state index contributed by atoms with van der Waals surface area (Å²) in [5.74, 6) is 1.94. The maximum atomic E-state index is 10.5. The molecule has 0 aliphatic carbocycles. The number of hydrogen-bond donors (Lipinski definition) is 0. The molecule has 1 aromatic rings. The van der Waals surface area contributed by atoms with Crippen LogP contribution in [0.3, 0.4) is 0 Å². The monoisotopic (exact) mass is 174 g/mol. The van der Waals surface area contributed by atoms with Crippen LogP contribution < -0.4 is 0 Å². The molecule has 1 aromatic carbocycles. The lowest BCUT2D eigenvalue weighted by atomic mass is 9.97. The van der Waals surface area contributed by atoms with E-state index in [0.29, 0.717) is 5.57 Å². The van der Waals surface area contributed by atoms with E-state index >= 15 is 0 Å². The molecule has 0 aliphatic heterocycles. The van der Waals surface area contributed by atoms with Crippen LogP contribution in [0.15, 0.2) is 12.1 Å². The third kappa shape index (κ3) is 1.88. The molecular formula is C12H14O. The summed E-state index contributed by atoms with van der Waals surface area (Å²) in [4.78, 5) is 10.5. The van der Waals surface area contributed by atoms with Gasteiger partial charge in [0.2, 0.25) is 0 Å². The maximum Gasteiger partial charge on any atom is 0.128 e. The standard InChI is InChI=1S/C12H14O/c1-8-5-10(3)12(6-9(8)2)11(4)7-13/h5-6H,1-4H3. The molecule has 13 heavy (non-hydrogen) atoms. The SMILES string of the molecule is CC(=C=O)c1cc(C)c(C)cc1C. The number of benzene rings is 1. The molecule has 0 heterocycles. The molecule has 1 nitrogen and oxygen atoms in total. The Kier molecular flexibility index (Phi) is 2.69. The van der Waals surface area contributed by atoms with Crippen molar-refractivity contribution in [2.24, 2.45) is 0 Å². The van der Waals surface area contributed by atoms with Crippen LogP contribution in [-0.2, 0) is 4.79 Å². The Balaban J connectivity index is 3.40. The van der Waals surface area contributed by atoms with Gasteiger partial charge < -0.3 is 0 Å². The highest BCUT2D eigenvalue weighted by Gasteiger charge is 2.03. The summed E-state index contributed by atoms with van der Waals surface area (Å²) in [6.07, 6.45) is 0. The van der Waals surface area contributed by atoms with Crippen LogP contribution in [0.2, 0.25) is 0 Å². The van der Waals surface area contributed by atoms with E-state index in [1.807, 2.05) is 18.9 Å². The minimum absolute atomic E-state index is 0.681. The summed E-state index contributed by atoms with van der Waals surface area (Å²) in [6.45, 7) is 7.94. The van der Waals surface area contributed by atoms with Gasteiger partial charge in [0.1, 0.15) is 5.94 Å². The lowest BCUT2D eigenvalue weighted by molar-refractivity contribution is 0.569. The fourth-order valence-electron chi connectivity index (χ4n) is 1.42. The van der Waals surface area contributed by atoms with Gasteiger partial charge in [-0.15, -0.1) is 0 Å². The smallest absolute Gasteiger partial charge is 0.128 e. The molecule has 0 spiro atoms. The summed E-state index contributed by atoms with van der Waals surface area (Å²) in [5, 5.41) is 0. The maximum absolute atomic E-state index is 10.5. The van der Waals surface area contributed by atoms with Gasteiger partial charge in [-0.2, -0.15) is 0 Å². The molecule has 0 saturated carbocycles. The topological polar surface area (TPSA) is 17.1 Å². The summed E-state index contributed by atoms with van der Waals surface area (Å²) in [5.41, 5.74) is 5.32. The van der Waals surface area contributed by atoms with Gasteiger partial charge in [-0.1, -0.05) is 12.1 Å². The van der Waals surface area contributed by atoms with Gasteiger partial charge in [0.25, 0.3) is 0 Å². The number of rotatable bonds is 1. The minimum Gasteiger partial charge on any atom is -0.233 e. The van der Waals surface area contributed by atoms with E-state index in [4.69, 9.17) is 0 Å². The van der Waals surface area contributed by atoms with Crippen molar-refractivity contribution in [3.05, 3.63) is 34.4 Å². The lowest BCUT2D eigenvalue weighted by Crippen LogP contribution is -1.90. The molecule has 0 amide bonds. The quantitative estimate of drug-likeness (QED) is 0.598. The predicted molar refractivity (Wildman–Crippen MR) is 55.4 cm³/mol. The molecule has 1 heteroatoms. The summed E-state index contributed by atoms with van der Waals surface area (Å²) in [7, 11) is 0. The zero-order valence-corrected chi connectivity index (χ0v) is 8.56. The highest BCUT2D eigenvalue weighted by molar-refractivity contribution is 5.87. The van der Waals surface area contributed by atoms with Gasteiger partial charge in [-0.3, -0.25) is 0 Å². The first kappa shape index (κ1) is 9.76. The average molecular weight is 174 g/mol. The van der Waals surface area contributed by atoms with Crippen molar-refractivity contribution >= 4 is 11.5 Å². The van der Waals surface area contributed by atoms with Crippen molar-refractivity contribution in [2.45, 2.75) is 27.7 Å². The van der Waals surface area contributed by atoms with E-state index in [1.165, 1.54) is 11.1 Å². The van der Waals surface area contributed by atoms with Gasteiger partial charge in [0.15, 0.2) is 0 Å². The van der Waals surface area contributed by atoms with Crippen LogP contribution in [0.5, 0.6) is 0 Å². The van der Waals surface area contributed by atoms with E-state index in [-0.39, 0.29) is 0 Å². The van der Waals surface area contributed by atoms with Gasteiger partial charge in [0.05, 0.1) is 0 Å². The van der Waals surface area contributed by atoms with Crippen LogP contribution in [0, 0.1) is 20.8 Å². The molecule has 0 unspecified atom stereocenters. The van der Waals surface area contributed by atoms with Gasteiger partial charge in [-0.25, -0.2) is 4.79 Å². The number of carbonyl (C=O) groups excluding carboxylic acids is 1. The zero-order chi connectivity index (χ0) is 10.0. The van der Waals surface area contributed by atoms with Crippen LogP contribution in [-0.4, -0.2) is 5.94 Å². The third-order valence-corrected chi connectivity index (χ3v) is 2.40. The second-order valence-corrected chi connectivity index (χ2v) is 3.48. The van der Waals surface area contributed by atoms with Crippen LogP contribution in [0.25, 0.3) is 5.57 Å². The Hall–Kier alpha value is -1.33. The summed E-state index contributed by atoms with van der Waals surface area (Å²) in [6, 6.07) is 4.15. The molecule has 0 bridgehead atoms.